The van der Waals surface area contributed by atoms with Gasteiger partial charge in [0.2, 0.25) is 0 Å². The highest BCUT2D eigenvalue weighted by Crippen LogP contribution is 2.53. The van der Waals surface area contributed by atoms with Crippen molar-refractivity contribution in [3.05, 3.63) is 29.8 Å². The summed E-state index contributed by atoms with van der Waals surface area (Å²) in [6.07, 6.45) is -0.334. The number of hydrogen-bond acceptors (Lipinski definition) is 2. The molecule has 0 heterocycles. The van der Waals surface area contributed by atoms with Crippen molar-refractivity contribution in [1.82, 2.24) is 0 Å². The Labute approximate surface area is 101 Å². The average Bonchev–Trinajstić information content (AvgIpc) is 2.92. The average molecular weight is 241 g/mol. The molecule has 2 nitrogen and oxygen atoms in total. The van der Waals surface area contributed by atoms with Crippen molar-refractivity contribution < 1.29 is 9.84 Å². The van der Waals surface area contributed by atoms with Gasteiger partial charge in [-0.05, 0) is 31.5 Å². The molecule has 0 radical (unpaired) electrons. The second-order valence-electron chi connectivity index (χ2n) is 4.29. The molecule has 0 saturated heterocycles. The molecule has 4 unspecified atom stereocenters. The largest absolute Gasteiger partial charge is 0.494 e. The van der Waals surface area contributed by atoms with Crippen molar-refractivity contribution >= 4 is 11.6 Å². The first-order valence-corrected chi connectivity index (χ1v) is 6.13. The number of aliphatic hydroxyl groups excluding tert-OH is 1. The van der Waals surface area contributed by atoms with Gasteiger partial charge in [-0.3, -0.25) is 0 Å². The lowest BCUT2D eigenvalue weighted by Gasteiger charge is -2.05. The molecule has 0 amide bonds. The number of hydrogen-bond donors (Lipinski definition) is 1. The Kier molecular flexibility index (Phi) is 3.41. The number of ether oxygens (including phenoxy) is 1. The Hall–Kier alpha value is -0.730. The Morgan fingerprint density at radius 2 is 2.00 bits per heavy atom. The molecule has 2 rings (SSSR count). The molecule has 1 aromatic rings. The highest BCUT2D eigenvalue weighted by molar-refractivity contribution is 6.23. The molecule has 1 saturated carbocycles. The quantitative estimate of drug-likeness (QED) is 0.821. The topological polar surface area (TPSA) is 29.5 Å². The zero-order valence-electron chi connectivity index (χ0n) is 9.56. The molecule has 16 heavy (non-hydrogen) atoms. The van der Waals surface area contributed by atoms with Crippen LogP contribution in [0.15, 0.2) is 24.3 Å². The zero-order valence-corrected chi connectivity index (χ0v) is 10.3. The lowest BCUT2D eigenvalue weighted by molar-refractivity contribution is 0.169. The fraction of sp³-hybridized carbons (Fsp3) is 0.538. The van der Waals surface area contributed by atoms with Crippen molar-refractivity contribution in [2.24, 2.45) is 5.92 Å². The first kappa shape index (κ1) is 11.7. The number of halogens is 1. The second kappa shape index (κ2) is 4.64. The van der Waals surface area contributed by atoms with Crippen LogP contribution in [0.5, 0.6) is 5.75 Å². The van der Waals surface area contributed by atoms with Gasteiger partial charge < -0.3 is 9.84 Å². The molecule has 1 N–H and O–H groups in total. The maximum Gasteiger partial charge on any atom is 0.119 e. The number of benzene rings is 1. The summed E-state index contributed by atoms with van der Waals surface area (Å²) in [7, 11) is 0. The standard InChI is InChI=1S/C13H17ClO2/c1-3-16-10-6-4-9(5-7-10)12-11(8(2)15)13(12)14/h4-8,11-13,15H,3H2,1-2H3. The van der Waals surface area contributed by atoms with Gasteiger partial charge in [0.25, 0.3) is 0 Å². The summed E-state index contributed by atoms with van der Waals surface area (Å²) < 4.78 is 5.38. The summed E-state index contributed by atoms with van der Waals surface area (Å²) in [6, 6.07) is 7.99. The van der Waals surface area contributed by atoms with E-state index in [0.29, 0.717) is 6.61 Å². The van der Waals surface area contributed by atoms with Crippen molar-refractivity contribution in [3.63, 3.8) is 0 Å². The van der Waals surface area contributed by atoms with Gasteiger partial charge in [-0.1, -0.05) is 12.1 Å². The number of alkyl halides is 1. The minimum atomic E-state index is -0.334. The van der Waals surface area contributed by atoms with E-state index < -0.39 is 0 Å². The van der Waals surface area contributed by atoms with Crippen LogP contribution in [-0.4, -0.2) is 23.2 Å². The van der Waals surface area contributed by atoms with Crippen molar-refractivity contribution in [1.29, 1.82) is 0 Å². The van der Waals surface area contributed by atoms with Gasteiger partial charge in [-0.2, -0.15) is 0 Å². The monoisotopic (exact) mass is 240 g/mol. The van der Waals surface area contributed by atoms with E-state index in [0.717, 1.165) is 5.75 Å². The molecule has 4 atom stereocenters. The van der Waals surface area contributed by atoms with Gasteiger partial charge in [-0.15, -0.1) is 11.6 Å². The molecule has 0 bridgehead atoms. The summed E-state index contributed by atoms with van der Waals surface area (Å²) in [5, 5.41) is 9.59. The Morgan fingerprint density at radius 1 is 1.38 bits per heavy atom. The maximum absolute atomic E-state index is 9.52. The predicted molar refractivity (Wildman–Crippen MR) is 65.2 cm³/mol. The van der Waals surface area contributed by atoms with Crippen LogP contribution in [0.1, 0.15) is 25.3 Å². The minimum Gasteiger partial charge on any atom is -0.494 e. The summed E-state index contributed by atoms with van der Waals surface area (Å²) in [4.78, 5) is 0. The molecule has 88 valence electrons. The van der Waals surface area contributed by atoms with Crippen LogP contribution in [0.2, 0.25) is 0 Å². The first-order chi connectivity index (χ1) is 7.65. The molecular weight excluding hydrogens is 224 g/mol. The molecule has 0 spiro atoms. The van der Waals surface area contributed by atoms with Crippen LogP contribution in [0.4, 0.5) is 0 Å². The molecule has 0 aliphatic heterocycles. The van der Waals surface area contributed by atoms with Crippen molar-refractivity contribution in [3.8, 4) is 5.75 Å². The summed E-state index contributed by atoms with van der Waals surface area (Å²) >= 11 is 6.16. The number of rotatable bonds is 4. The third-order valence-electron chi connectivity index (χ3n) is 3.12. The molecule has 3 heteroatoms. The van der Waals surface area contributed by atoms with Gasteiger partial charge in [0, 0.05) is 17.2 Å². The second-order valence-corrected chi connectivity index (χ2v) is 4.79. The summed E-state index contributed by atoms with van der Waals surface area (Å²) in [5.41, 5.74) is 1.19. The zero-order chi connectivity index (χ0) is 11.7. The Bertz CT molecular complexity index is 347. The van der Waals surface area contributed by atoms with Crippen LogP contribution in [0, 0.1) is 5.92 Å². The fourth-order valence-electron chi connectivity index (χ4n) is 2.22. The van der Waals surface area contributed by atoms with Gasteiger partial charge in [-0.25, -0.2) is 0 Å². The Morgan fingerprint density at radius 3 is 2.44 bits per heavy atom. The molecule has 1 aliphatic rings. The van der Waals surface area contributed by atoms with Gasteiger partial charge >= 0.3 is 0 Å². The Balaban J connectivity index is 2.06. The van der Waals surface area contributed by atoms with E-state index in [9.17, 15) is 5.11 Å². The van der Waals surface area contributed by atoms with Gasteiger partial charge in [0.15, 0.2) is 0 Å². The van der Waals surface area contributed by atoms with E-state index in [1.807, 2.05) is 31.2 Å². The van der Waals surface area contributed by atoms with E-state index in [1.165, 1.54) is 5.56 Å². The fourth-order valence-corrected chi connectivity index (χ4v) is 2.82. The molecule has 1 aliphatic carbocycles. The molecular formula is C13H17ClO2. The summed E-state index contributed by atoms with van der Waals surface area (Å²) in [5.74, 6) is 1.36. The van der Waals surface area contributed by atoms with Crippen molar-refractivity contribution in [2.45, 2.75) is 31.2 Å². The molecule has 1 fully saturated rings. The molecule has 0 aromatic heterocycles. The lowest BCUT2D eigenvalue weighted by atomic mass is 10.1. The van der Waals surface area contributed by atoms with E-state index in [2.05, 4.69) is 0 Å². The predicted octanol–water partition coefficient (Wildman–Crippen LogP) is 2.79. The smallest absolute Gasteiger partial charge is 0.119 e. The normalized spacial score (nSPS) is 29.9. The van der Waals surface area contributed by atoms with Crippen LogP contribution in [-0.2, 0) is 0 Å². The maximum atomic E-state index is 9.52. The summed E-state index contributed by atoms with van der Waals surface area (Å²) in [6.45, 7) is 4.44. The highest BCUT2D eigenvalue weighted by Gasteiger charge is 2.52. The van der Waals surface area contributed by atoms with E-state index in [-0.39, 0.29) is 23.3 Å². The van der Waals surface area contributed by atoms with Crippen LogP contribution in [0.25, 0.3) is 0 Å². The third kappa shape index (κ3) is 2.18. The lowest BCUT2D eigenvalue weighted by Crippen LogP contribution is -2.04. The van der Waals surface area contributed by atoms with Crippen LogP contribution >= 0.6 is 11.6 Å². The first-order valence-electron chi connectivity index (χ1n) is 5.70. The van der Waals surface area contributed by atoms with E-state index >= 15 is 0 Å². The SMILES string of the molecule is CCOc1ccc(C2C(Cl)C2C(C)O)cc1. The number of aliphatic hydroxyl groups is 1. The highest BCUT2D eigenvalue weighted by atomic mass is 35.5. The van der Waals surface area contributed by atoms with E-state index in [1.54, 1.807) is 6.92 Å². The minimum absolute atomic E-state index is 0.0675. The third-order valence-corrected chi connectivity index (χ3v) is 3.68. The molecule has 1 aromatic carbocycles. The van der Waals surface area contributed by atoms with E-state index in [4.69, 9.17) is 16.3 Å². The van der Waals surface area contributed by atoms with Crippen LogP contribution in [0.3, 0.4) is 0 Å². The van der Waals surface area contributed by atoms with Crippen LogP contribution < -0.4 is 4.74 Å². The van der Waals surface area contributed by atoms with Crippen molar-refractivity contribution in [2.75, 3.05) is 6.61 Å². The van der Waals surface area contributed by atoms with Gasteiger partial charge in [0.1, 0.15) is 5.75 Å². The van der Waals surface area contributed by atoms with Gasteiger partial charge in [0.05, 0.1) is 12.7 Å².